The fourth-order valence-corrected chi connectivity index (χ4v) is 9.93. The zero-order chi connectivity index (χ0) is 48.3. The van der Waals surface area contributed by atoms with Crippen LogP contribution in [0.25, 0.3) is 6.08 Å². The summed E-state index contributed by atoms with van der Waals surface area (Å²) in [6, 6.07) is 3.61. The maximum absolute atomic E-state index is 13.5. The summed E-state index contributed by atoms with van der Waals surface area (Å²) in [6.07, 6.45) is 12.7. The van der Waals surface area contributed by atoms with Crippen LogP contribution >= 0.6 is 0 Å². The molecule has 68 heavy (non-hydrogen) atoms. The van der Waals surface area contributed by atoms with E-state index in [-0.39, 0.29) is 60.9 Å². The number of carbonyl (C=O) groups is 6. The molecule has 21 nitrogen and oxygen atoms in total. The van der Waals surface area contributed by atoms with Crippen LogP contribution in [-0.2, 0) is 44.9 Å². The third kappa shape index (κ3) is 14.5. The van der Waals surface area contributed by atoms with E-state index in [0.29, 0.717) is 77.3 Å². The predicted molar refractivity (Wildman–Crippen MR) is 253 cm³/mol. The molecule has 1 saturated carbocycles. The van der Waals surface area contributed by atoms with Gasteiger partial charge in [0.25, 0.3) is 17.7 Å². The van der Waals surface area contributed by atoms with Crippen molar-refractivity contribution in [2.24, 2.45) is 0 Å². The van der Waals surface area contributed by atoms with Gasteiger partial charge < -0.3 is 44.2 Å². The van der Waals surface area contributed by atoms with Crippen molar-refractivity contribution in [1.82, 2.24) is 39.0 Å². The molecule has 2 unspecified atom stereocenters. The largest absolute Gasteiger partial charge is 0.578 e. The second kappa shape index (κ2) is 27.2. The predicted octanol–water partition coefficient (Wildman–Crippen LogP) is 1.42. The average molecular weight is 967 g/mol. The van der Waals surface area contributed by atoms with E-state index in [1.54, 1.807) is 11.1 Å². The number of carbonyl (C=O) groups excluding carboxylic acids is 6. The molecule has 22 heteroatoms. The van der Waals surface area contributed by atoms with E-state index in [1.165, 1.54) is 25.2 Å². The van der Waals surface area contributed by atoms with Crippen LogP contribution in [0.3, 0.4) is 0 Å². The van der Waals surface area contributed by atoms with Gasteiger partial charge in [-0.2, -0.15) is 4.98 Å². The van der Waals surface area contributed by atoms with E-state index >= 15 is 0 Å². The van der Waals surface area contributed by atoms with Gasteiger partial charge in [-0.05, 0) is 51.2 Å². The molecule has 2 saturated heterocycles. The van der Waals surface area contributed by atoms with E-state index in [9.17, 15) is 33.3 Å². The molecule has 2 aromatic rings. The lowest BCUT2D eigenvalue weighted by molar-refractivity contribution is -0.123. The molecule has 2 atom stereocenters. The Bertz CT molecular complexity index is 2030. The van der Waals surface area contributed by atoms with E-state index in [0.717, 1.165) is 75.0 Å². The fourth-order valence-electron chi connectivity index (χ4n) is 8.61. The molecule has 0 bridgehead atoms. The van der Waals surface area contributed by atoms with Crippen molar-refractivity contribution in [1.29, 1.82) is 0 Å². The molecule has 3 aliphatic heterocycles. The van der Waals surface area contributed by atoms with Crippen molar-refractivity contribution in [3.05, 3.63) is 47.2 Å². The Morgan fingerprint density at radius 1 is 0.912 bits per heavy atom. The van der Waals surface area contributed by atoms with E-state index < -0.39 is 41.9 Å². The number of aromatic nitrogens is 2. The Morgan fingerprint density at radius 2 is 1.60 bits per heavy atom. The number of nitrogens with one attached hydrogen (secondary N) is 3. The highest BCUT2D eigenvalue weighted by atomic mass is 32.2. The lowest BCUT2D eigenvalue weighted by atomic mass is 10.1. The van der Waals surface area contributed by atoms with Crippen molar-refractivity contribution < 1.29 is 52.3 Å². The van der Waals surface area contributed by atoms with Gasteiger partial charge in [0.1, 0.15) is 29.4 Å². The number of piperazine rings is 1. The number of ether oxygens (including phenoxy) is 4. The van der Waals surface area contributed by atoms with Crippen molar-refractivity contribution >= 4 is 65.7 Å². The summed E-state index contributed by atoms with van der Waals surface area (Å²) in [7, 11) is 1.45. The third-order valence-electron chi connectivity index (χ3n) is 12.3. The van der Waals surface area contributed by atoms with Gasteiger partial charge in [0.15, 0.2) is 6.61 Å². The van der Waals surface area contributed by atoms with Gasteiger partial charge in [0, 0.05) is 76.6 Å². The van der Waals surface area contributed by atoms with Crippen molar-refractivity contribution in [3.63, 3.8) is 0 Å². The lowest BCUT2D eigenvalue weighted by Gasteiger charge is -2.39. The maximum atomic E-state index is 13.5. The van der Waals surface area contributed by atoms with E-state index in [2.05, 4.69) is 25.8 Å². The quantitative estimate of drug-likeness (QED) is 0.0473. The number of imide groups is 1. The van der Waals surface area contributed by atoms with Crippen molar-refractivity contribution in [2.75, 3.05) is 116 Å². The number of piperidine rings is 1. The van der Waals surface area contributed by atoms with Crippen LogP contribution < -0.4 is 25.6 Å². The Hall–Kier alpha value is -5.07. The van der Waals surface area contributed by atoms with Gasteiger partial charge in [0.2, 0.25) is 18.3 Å². The summed E-state index contributed by atoms with van der Waals surface area (Å²) < 4.78 is 40.1. The summed E-state index contributed by atoms with van der Waals surface area (Å²) in [6.45, 7) is 9.26. The lowest BCUT2D eigenvalue weighted by Crippen LogP contribution is -2.55. The Kier molecular flexibility index (Phi) is 20.9. The molecule has 4 heterocycles. The number of amides is 5. The van der Waals surface area contributed by atoms with Gasteiger partial charge >= 0.3 is 0 Å². The van der Waals surface area contributed by atoms with Crippen LogP contribution in [-0.4, -0.2) is 193 Å². The van der Waals surface area contributed by atoms with Crippen molar-refractivity contribution in [2.45, 2.75) is 76.4 Å². The van der Waals surface area contributed by atoms with Gasteiger partial charge in [0.05, 0.1) is 69.9 Å². The normalized spacial score (nSPS) is 18.4. The van der Waals surface area contributed by atoms with Crippen LogP contribution in [0.1, 0.15) is 84.6 Å². The van der Waals surface area contributed by atoms with E-state index in [4.69, 9.17) is 23.9 Å². The zero-order valence-corrected chi connectivity index (χ0v) is 40.0. The van der Waals surface area contributed by atoms with E-state index in [1.807, 2.05) is 27.7 Å². The highest BCUT2D eigenvalue weighted by Gasteiger charge is 2.42. The first-order chi connectivity index (χ1) is 33.1. The summed E-state index contributed by atoms with van der Waals surface area (Å²) in [4.78, 5) is 88.5. The molecule has 3 fully saturated rings. The number of aldehydes is 1. The summed E-state index contributed by atoms with van der Waals surface area (Å²) in [5, 5.41) is 8.59. The molecule has 1 aliphatic carbocycles. The number of hydrogen-bond donors (Lipinski definition) is 3. The molecule has 3 N–H and O–H groups in total. The number of allylic oxidation sites excluding steroid dienone is 1. The van der Waals surface area contributed by atoms with Crippen molar-refractivity contribution in [3.8, 4) is 5.75 Å². The first-order valence-corrected chi connectivity index (χ1v) is 24.7. The smallest absolute Gasteiger partial charge is 0.265 e. The minimum absolute atomic E-state index is 0.0240. The van der Waals surface area contributed by atoms with Crippen LogP contribution in [0, 0.1) is 0 Å². The minimum atomic E-state index is -1.21. The summed E-state index contributed by atoms with van der Waals surface area (Å²) in [5.41, 5.74) is 0.842. The topological polar surface area (TPSA) is 240 Å². The zero-order valence-electron chi connectivity index (χ0n) is 39.1. The van der Waals surface area contributed by atoms with Gasteiger partial charge in [-0.1, -0.05) is 31.1 Å². The molecule has 6 rings (SSSR count). The summed E-state index contributed by atoms with van der Waals surface area (Å²) >= 11 is -1.21. The Morgan fingerprint density at radius 3 is 2.28 bits per heavy atom. The number of nitrogens with zero attached hydrogens (tertiary/aromatic N) is 7. The Labute approximate surface area is 401 Å². The molecule has 372 valence electrons. The average Bonchev–Trinajstić information content (AvgIpc) is 3.98. The molecular formula is C46H66N10O11S. The van der Waals surface area contributed by atoms with Gasteiger partial charge in [-0.25, -0.2) is 4.98 Å². The third-order valence-corrected chi connectivity index (χ3v) is 14.0. The molecule has 1 aromatic heterocycles. The maximum Gasteiger partial charge on any atom is 0.265 e. The van der Waals surface area contributed by atoms with Crippen LogP contribution in [0.4, 0.5) is 11.8 Å². The second-order valence-corrected chi connectivity index (χ2v) is 18.3. The highest BCUT2D eigenvalue weighted by Crippen LogP contribution is 2.33. The molecule has 1 aromatic carbocycles. The first-order valence-electron chi connectivity index (χ1n) is 23.6. The number of fused-ring (bicyclic) bond motifs is 1. The first kappa shape index (κ1) is 52.3. The number of hydrogen-bond acceptors (Lipinski definition) is 17. The monoisotopic (exact) mass is 966 g/mol. The minimum Gasteiger partial charge on any atom is -0.578 e. The molecule has 4 aliphatic rings. The fraction of sp³-hybridized carbons (Fsp3) is 0.609. The standard InChI is InChI=1S/C46H66N10O11S/c1-3-7-34-30-49-46(51-43(34)55(33-58)36-8-4-5-9-36)50-35-14-17-53(18-15-35)68(63)54-21-19-52(20-22-54)23-25-65-27-29-66-28-26-64-24-16-48-41(60)32-67-39-11-6-10-38-42(39)45(62)56(44(38)61)37(31-57)12-13-40(59)47-2/h3,6-7,10-11,30-31,33,35-37H,4-5,8-9,12-29,32H2,1-2H3,(H,47,59)(H,48,60)(H,49,50,51)/b7-3-. The molecule has 0 spiro atoms. The molecular weight excluding hydrogens is 901 g/mol. The number of benzene rings is 1. The second-order valence-electron chi connectivity index (χ2n) is 16.8. The Balaban J connectivity index is 0.764. The van der Waals surface area contributed by atoms with Gasteiger partial charge in [-0.15, -0.1) is 8.61 Å². The van der Waals surface area contributed by atoms with Crippen LogP contribution in [0.5, 0.6) is 5.75 Å². The van der Waals surface area contributed by atoms with Crippen LogP contribution in [0.15, 0.2) is 30.5 Å². The SMILES string of the molecule is C/C=C\c1cnc(NC2CCN([S+]([O-])N3CCN(CCOCCOCCOCCNC(=O)COc4cccc5c4C(=O)N(C(C=O)CCC(=O)NC)C5=O)CC3)CC2)nc1N(C=O)C1CCCC1. The highest BCUT2D eigenvalue weighted by molar-refractivity contribution is 7.86. The summed E-state index contributed by atoms with van der Waals surface area (Å²) in [5.74, 6) is -0.994. The molecule has 5 amide bonds. The number of anilines is 2. The van der Waals surface area contributed by atoms with Crippen LogP contribution in [0.2, 0.25) is 0 Å². The van der Waals surface area contributed by atoms with Gasteiger partial charge in [-0.3, -0.25) is 38.7 Å². The number of rotatable bonds is 28. The molecule has 0 radical (unpaired) electrons.